The summed E-state index contributed by atoms with van der Waals surface area (Å²) in [5, 5.41) is 22.5. The molecule has 15 atom stereocenters. The van der Waals surface area contributed by atoms with Crippen molar-refractivity contribution >= 4 is 29.2 Å². The lowest BCUT2D eigenvalue weighted by atomic mass is 9.78. The molecule has 1 aliphatic carbocycles. The maximum absolute atomic E-state index is 14.4. The van der Waals surface area contributed by atoms with Crippen molar-refractivity contribution < 1.29 is 62.6 Å². The normalized spacial score (nSPS) is 40.0. The van der Waals surface area contributed by atoms with E-state index in [9.17, 15) is 34.2 Å². The van der Waals surface area contributed by atoms with Crippen LogP contribution in [0.1, 0.15) is 126 Å². The van der Waals surface area contributed by atoms with Crippen LogP contribution in [0.25, 0.3) is 0 Å². The van der Waals surface area contributed by atoms with Gasteiger partial charge in [-0.1, -0.05) is 71.1 Å². The van der Waals surface area contributed by atoms with Crippen LogP contribution in [-0.2, 0) is 52.4 Å². The Labute approximate surface area is 393 Å². The van der Waals surface area contributed by atoms with E-state index in [2.05, 4.69) is 0 Å². The third-order valence-corrected chi connectivity index (χ3v) is 14.7. The van der Waals surface area contributed by atoms with Crippen LogP contribution < -0.4 is 0 Å². The van der Waals surface area contributed by atoms with Crippen LogP contribution in [-0.4, -0.2) is 134 Å². The molecular formula is C52H81NO13. The summed E-state index contributed by atoms with van der Waals surface area (Å²) in [7, 11) is 6.15. The van der Waals surface area contributed by atoms with Crippen LogP contribution in [0.4, 0.5) is 0 Å². The summed E-state index contributed by atoms with van der Waals surface area (Å²) in [6, 6.07) is -1.12. The van der Waals surface area contributed by atoms with E-state index in [0.29, 0.717) is 63.4 Å². The fourth-order valence-electron chi connectivity index (χ4n) is 10.4. The molecule has 3 heterocycles. The van der Waals surface area contributed by atoms with E-state index in [1.54, 1.807) is 41.1 Å². The van der Waals surface area contributed by atoms with Crippen LogP contribution in [0.3, 0.4) is 0 Å². The van der Waals surface area contributed by atoms with E-state index < -0.39 is 77.9 Å². The third-order valence-electron chi connectivity index (χ3n) is 14.7. The number of esters is 1. The maximum atomic E-state index is 14.4. The number of piperidine rings is 1. The second kappa shape index (κ2) is 25.8. The Morgan fingerprint density at radius 2 is 1.53 bits per heavy atom. The average Bonchev–Trinajstić information content (AvgIpc) is 3.29. The van der Waals surface area contributed by atoms with Gasteiger partial charge in [0.15, 0.2) is 5.78 Å². The smallest absolute Gasteiger partial charge is 0.329 e. The lowest BCUT2D eigenvalue weighted by Gasteiger charge is -2.42. The lowest BCUT2D eigenvalue weighted by Crippen LogP contribution is -2.61. The number of allylic oxidation sites excluding steroid dienone is 6. The Morgan fingerprint density at radius 1 is 0.818 bits per heavy atom. The second-order valence-electron chi connectivity index (χ2n) is 19.8. The minimum absolute atomic E-state index is 0.0599. The van der Waals surface area contributed by atoms with Gasteiger partial charge in [-0.05, 0) is 107 Å². The number of Topliss-reactive ketones (excluding diaryl/α,β-unsaturated/α-hetero) is 3. The van der Waals surface area contributed by atoms with Gasteiger partial charge in [0.05, 0.1) is 24.4 Å². The molecule has 14 heteroatoms. The first kappa shape index (κ1) is 55.2. The fraction of sp³-hybridized carbons (Fsp3) is 0.750. The topological polar surface area (TPSA) is 184 Å². The summed E-state index contributed by atoms with van der Waals surface area (Å²) in [6.07, 6.45) is 12.6. The average molecular weight is 928 g/mol. The number of amides is 1. The molecule has 1 amide bonds. The van der Waals surface area contributed by atoms with Crippen LogP contribution in [0, 0.1) is 35.5 Å². The zero-order valence-corrected chi connectivity index (χ0v) is 41.6. The van der Waals surface area contributed by atoms with Gasteiger partial charge in [0.2, 0.25) is 5.79 Å². The summed E-state index contributed by atoms with van der Waals surface area (Å²) >= 11 is 0. The standard InChI is InChI=1S/C52H81NO13/c1-31-17-13-12-14-18-32(2)43(61-8)29-39-22-20-37(7)52(60,66-39)49(57)50(58)53-24-16-15-19-40(53)51(59)65-44(34(4)27-38-21-23-41(54)45(28-38)62-9)30-42(55)33(3)26-36(6)47(63-10)48(64-11)46(56)35(5)25-31/h12-14,17-18,26,31,33-35,37-41,43-45,47-48,54,60H,15-16,19-25,27-30H2,1-11H3/b14-12+,17-13-,32-18+,36-26+/t31-,33-,34-,35-,37-,38-,39+,40+,41-,43+,44+,45-,47-,48+,52-/m1/s1. The first-order valence-corrected chi connectivity index (χ1v) is 24.3. The molecule has 0 aromatic rings. The highest BCUT2D eigenvalue weighted by molar-refractivity contribution is 6.39. The largest absolute Gasteiger partial charge is 0.460 e. The molecular weight excluding hydrogens is 847 g/mol. The summed E-state index contributed by atoms with van der Waals surface area (Å²) in [4.78, 5) is 72.3. The molecule has 14 nitrogen and oxygen atoms in total. The molecule has 4 rings (SSSR count). The molecule has 66 heavy (non-hydrogen) atoms. The molecule has 0 aromatic carbocycles. The van der Waals surface area contributed by atoms with Crippen LogP contribution in [0.5, 0.6) is 0 Å². The third kappa shape index (κ3) is 14.3. The van der Waals surface area contributed by atoms with Gasteiger partial charge >= 0.3 is 5.97 Å². The van der Waals surface area contributed by atoms with Crippen molar-refractivity contribution in [2.45, 2.75) is 180 Å². The van der Waals surface area contributed by atoms with Crippen molar-refractivity contribution in [1.82, 2.24) is 4.90 Å². The van der Waals surface area contributed by atoms with E-state index >= 15 is 0 Å². The molecule has 0 spiro atoms. The first-order valence-electron chi connectivity index (χ1n) is 24.3. The number of ketones is 3. The van der Waals surface area contributed by atoms with E-state index in [1.807, 2.05) is 58.1 Å². The van der Waals surface area contributed by atoms with Crippen molar-refractivity contribution in [1.29, 1.82) is 0 Å². The number of cyclic esters (lactones) is 1. The zero-order chi connectivity index (χ0) is 48.9. The maximum Gasteiger partial charge on any atom is 0.329 e. The monoisotopic (exact) mass is 928 g/mol. The first-order chi connectivity index (χ1) is 31.3. The minimum Gasteiger partial charge on any atom is -0.460 e. The highest BCUT2D eigenvalue weighted by Crippen LogP contribution is 2.38. The van der Waals surface area contributed by atoms with Gasteiger partial charge in [-0.3, -0.25) is 19.2 Å². The molecule has 0 radical (unpaired) electrons. The molecule has 2 saturated heterocycles. The Hall–Kier alpha value is -3.37. The number of hydrogen-bond donors (Lipinski definition) is 2. The van der Waals surface area contributed by atoms with E-state index in [1.165, 1.54) is 19.1 Å². The quantitative estimate of drug-likeness (QED) is 0.154. The van der Waals surface area contributed by atoms with Crippen LogP contribution >= 0.6 is 0 Å². The number of carbonyl (C=O) groups is 5. The summed E-state index contributed by atoms with van der Waals surface area (Å²) in [5.41, 5.74) is 1.54. The summed E-state index contributed by atoms with van der Waals surface area (Å²) in [5.74, 6) is -7.45. The summed E-state index contributed by atoms with van der Waals surface area (Å²) < 4.78 is 35.5. The molecule has 372 valence electrons. The van der Waals surface area contributed by atoms with Crippen molar-refractivity contribution in [3.05, 3.63) is 47.6 Å². The second-order valence-corrected chi connectivity index (χ2v) is 19.8. The number of ether oxygens (including phenoxy) is 6. The Morgan fingerprint density at radius 3 is 2.20 bits per heavy atom. The van der Waals surface area contributed by atoms with Gasteiger partial charge in [0, 0.05) is 65.6 Å². The Balaban J connectivity index is 1.72. The molecule has 0 aromatic heterocycles. The number of rotatable bonds is 7. The van der Waals surface area contributed by atoms with Gasteiger partial charge in [-0.2, -0.15) is 0 Å². The van der Waals surface area contributed by atoms with Gasteiger partial charge in [0.1, 0.15) is 30.1 Å². The fourth-order valence-corrected chi connectivity index (χ4v) is 10.4. The van der Waals surface area contributed by atoms with Crippen molar-refractivity contribution in [2.75, 3.05) is 35.0 Å². The lowest BCUT2D eigenvalue weighted by molar-refractivity contribution is -0.265. The van der Waals surface area contributed by atoms with Crippen molar-refractivity contribution in [3.8, 4) is 0 Å². The number of hydrogen-bond acceptors (Lipinski definition) is 13. The molecule has 4 aliphatic rings. The molecule has 2 bridgehead atoms. The molecule has 2 N–H and O–H groups in total. The number of methoxy groups -OCH3 is 4. The van der Waals surface area contributed by atoms with Gasteiger partial charge in [0.25, 0.3) is 11.7 Å². The molecule has 3 fully saturated rings. The van der Waals surface area contributed by atoms with Crippen LogP contribution in [0.15, 0.2) is 47.6 Å². The van der Waals surface area contributed by atoms with Gasteiger partial charge < -0.3 is 43.5 Å². The Kier molecular flexibility index (Phi) is 21.6. The van der Waals surface area contributed by atoms with E-state index in [0.717, 1.165) is 12.0 Å². The Bertz CT molecular complexity index is 1770. The van der Waals surface area contributed by atoms with Crippen molar-refractivity contribution in [3.63, 3.8) is 0 Å². The van der Waals surface area contributed by atoms with Crippen molar-refractivity contribution in [2.24, 2.45) is 35.5 Å². The minimum atomic E-state index is -2.42. The van der Waals surface area contributed by atoms with Crippen LogP contribution in [0.2, 0.25) is 0 Å². The predicted octanol–water partition coefficient (Wildman–Crippen LogP) is 6.83. The SMILES string of the molecule is CO[C@H]1C[C@@H]2CC[C@@H](C)[C@@](O)(O2)C(=O)C(=O)N2CCCC[C@H]2C(=O)O[C@H]([C@H](C)C[C@H]2CC[C@@H](O)[C@H](OC)C2)CC(=O)[C@H](C)/C=C(\C)[C@@H](OC)[C@@H](OC)C(=O)[C@H](C)C[C@H](C)\C=C/C=C/C=C/1C. The molecule has 1 saturated carbocycles. The predicted molar refractivity (Wildman–Crippen MR) is 250 cm³/mol. The molecule has 0 unspecified atom stereocenters. The highest BCUT2D eigenvalue weighted by atomic mass is 16.6. The number of nitrogens with zero attached hydrogens (tertiary/aromatic N) is 1. The van der Waals surface area contributed by atoms with E-state index in [-0.39, 0.29) is 60.7 Å². The highest BCUT2D eigenvalue weighted by Gasteiger charge is 2.53. The zero-order valence-electron chi connectivity index (χ0n) is 41.6. The molecule has 3 aliphatic heterocycles. The van der Waals surface area contributed by atoms with E-state index in [4.69, 9.17) is 28.4 Å². The number of fused-ring (bicyclic) bond motifs is 3. The van der Waals surface area contributed by atoms with Gasteiger partial charge in [-0.25, -0.2) is 4.79 Å². The summed E-state index contributed by atoms with van der Waals surface area (Å²) in [6.45, 7) is 13.1. The van der Waals surface area contributed by atoms with Gasteiger partial charge in [-0.15, -0.1) is 0 Å². The number of aliphatic hydroxyl groups is 2. The number of aliphatic hydroxyl groups excluding tert-OH is 1. The number of carbonyl (C=O) groups excluding carboxylic acids is 5.